The lowest BCUT2D eigenvalue weighted by Gasteiger charge is -2.36. The first kappa shape index (κ1) is 22.3. The molecule has 1 aliphatic heterocycles. The summed E-state index contributed by atoms with van der Waals surface area (Å²) >= 11 is 1.68. The molecule has 0 radical (unpaired) electrons. The van der Waals surface area contributed by atoms with Crippen LogP contribution < -0.4 is 5.32 Å². The Hall–Kier alpha value is -3.49. The molecule has 1 atom stereocenters. The number of rotatable bonds is 7. The number of aromatic nitrogens is 2. The third-order valence-corrected chi connectivity index (χ3v) is 7.12. The molecular weight excluding hydrogens is 446 g/mol. The van der Waals surface area contributed by atoms with E-state index >= 15 is 0 Å². The maximum Gasteiger partial charge on any atom is 0.252 e. The molecule has 174 valence electrons. The van der Waals surface area contributed by atoms with Gasteiger partial charge in [-0.05, 0) is 29.1 Å². The molecule has 7 nitrogen and oxygen atoms in total. The van der Waals surface area contributed by atoms with Crippen LogP contribution in [-0.4, -0.2) is 64.3 Å². The van der Waals surface area contributed by atoms with Crippen LogP contribution in [0.3, 0.4) is 0 Å². The first-order valence-electron chi connectivity index (χ1n) is 11.5. The highest BCUT2D eigenvalue weighted by Gasteiger charge is 2.30. The predicted molar refractivity (Wildman–Crippen MR) is 134 cm³/mol. The average Bonchev–Trinajstić information content (AvgIpc) is 3.58. The summed E-state index contributed by atoms with van der Waals surface area (Å²) in [4.78, 5) is 38.4. The van der Waals surface area contributed by atoms with Crippen LogP contribution >= 0.6 is 11.3 Å². The fourth-order valence-corrected chi connectivity index (χ4v) is 4.95. The van der Waals surface area contributed by atoms with Crippen molar-refractivity contribution >= 4 is 34.1 Å². The van der Waals surface area contributed by atoms with E-state index in [0.717, 1.165) is 47.5 Å². The van der Waals surface area contributed by atoms with Crippen LogP contribution in [0.25, 0.3) is 10.9 Å². The summed E-state index contributed by atoms with van der Waals surface area (Å²) in [5.74, 6) is -0.333. The molecule has 0 unspecified atom stereocenters. The number of hydrogen-bond donors (Lipinski definition) is 2. The molecule has 2 aromatic heterocycles. The smallest absolute Gasteiger partial charge is 0.252 e. The zero-order chi connectivity index (χ0) is 23.3. The van der Waals surface area contributed by atoms with Crippen LogP contribution in [0.1, 0.15) is 27.0 Å². The van der Waals surface area contributed by atoms with Crippen molar-refractivity contribution in [2.75, 3.05) is 32.7 Å². The molecule has 8 heteroatoms. The number of nitrogens with zero attached hydrogens (tertiary/aromatic N) is 3. The topological polar surface area (TPSA) is 81.3 Å². The molecule has 1 aliphatic rings. The molecule has 5 rings (SSSR count). The van der Waals surface area contributed by atoms with Crippen molar-refractivity contribution in [1.29, 1.82) is 0 Å². The standard InChI is InChI=1S/C26H27N5O2S/c32-25(21-7-6-19-8-10-27-22(19)18-21)29-24(20-4-2-1-3-5-20)26(33)31-15-13-30(14-16-31)12-9-23-28-11-17-34-23/h1-8,10-11,17-18,24,27H,9,12-16H2,(H,29,32)/t24-/m1/s1. The van der Waals surface area contributed by atoms with Gasteiger partial charge in [0.05, 0.1) is 5.01 Å². The molecule has 0 saturated carbocycles. The summed E-state index contributed by atoms with van der Waals surface area (Å²) in [5, 5.41) is 7.18. The average molecular weight is 474 g/mol. The number of carbonyl (C=O) groups excluding carboxylic acids is 2. The molecule has 2 N–H and O–H groups in total. The second-order valence-electron chi connectivity index (χ2n) is 8.44. The van der Waals surface area contributed by atoms with E-state index in [4.69, 9.17) is 0 Å². The molecule has 0 bridgehead atoms. The Morgan fingerprint density at radius 1 is 1.06 bits per heavy atom. The summed E-state index contributed by atoms with van der Waals surface area (Å²) < 4.78 is 0. The monoisotopic (exact) mass is 473 g/mol. The van der Waals surface area contributed by atoms with Gasteiger partial charge in [0.1, 0.15) is 6.04 Å². The van der Waals surface area contributed by atoms with Crippen LogP contribution in [0.2, 0.25) is 0 Å². The van der Waals surface area contributed by atoms with Gasteiger partial charge in [0.15, 0.2) is 0 Å². The van der Waals surface area contributed by atoms with Crippen molar-refractivity contribution in [3.05, 3.63) is 88.5 Å². The van der Waals surface area contributed by atoms with Gasteiger partial charge in [0, 0.05) is 68.0 Å². The zero-order valence-corrected chi connectivity index (χ0v) is 19.6. The van der Waals surface area contributed by atoms with Gasteiger partial charge in [-0.15, -0.1) is 11.3 Å². The minimum absolute atomic E-state index is 0.0694. The predicted octanol–water partition coefficient (Wildman–Crippen LogP) is 3.48. The van der Waals surface area contributed by atoms with Gasteiger partial charge in [0.25, 0.3) is 5.91 Å². The van der Waals surface area contributed by atoms with Crippen LogP contribution in [0, 0.1) is 0 Å². The van der Waals surface area contributed by atoms with Crippen molar-refractivity contribution in [2.24, 2.45) is 0 Å². The van der Waals surface area contributed by atoms with Gasteiger partial charge in [-0.25, -0.2) is 4.98 Å². The van der Waals surface area contributed by atoms with Crippen LogP contribution in [0.15, 0.2) is 72.4 Å². The SMILES string of the molecule is O=C(N[C@@H](C(=O)N1CCN(CCc2nccs2)CC1)c1ccccc1)c1ccc2cc[nH]c2c1. The van der Waals surface area contributed by atoms with Gasteiger partial charge in [-0.2, -0.15) is 0 Å². The fraction of sp³-hybridized carbons (Fsp3) is 0.269. The number of benzene rings is 2. The van der Waals surface area contributed by atoms with Crippen molar-refractivity contribution in [3.63, 3.8) is 0 Å². The third kappa shape index (κ3) is 5.03. The van der Waals surface area contributed by atoms with Gasteiger partial charge in [-0.3, -0.25) is 14.5 Å². The van der Waals surface area contributed by atoms with Crippen molar-refractivity contribution in [2.45, 2.75) is 12.5 Å². The van der Waals surface area contributed by atoms with Gasteiger partial charge < -0.3 is 15.2 Å². The van der Waals surface area contributed by atoms with Gasteiger partial charge in [0.2, 0.25) is 5.91 Å². The fourth-order valence-electron chi connectivity index (χ4n) is 4.34. The minimum atomic E-state index is -0.727. The second-order valence-corrected chi connectivity index (χ2v) is 9.42. The highest BCUT2D eigenvalue weighted by atomic mass is 32.1. The lowest BCUT2D eigenvalue weighted by atomic mass is 10.0. The molecule has 2 aromatic carbocycles. The number of thiazole rings is 1. The van der Waals surface area contributed by atoms with Crippen LogP contribution in [0.5, 0.6) is 0 Å². The van der Waals surface area contributed by atoms with E-state index in [9.17, 15) is 9.59 Å². The largest absolute Gasteiger partial charge is 0.361 e. The van der Waals surface area contributed by atoms with E-state index in [2.05, 4.69) is 20.2 Å². The molecular formula is C26H27N5O2S. The van der Waals surface area contributed by atoms with Crippen molar-refractivity contribution < 1.29 is 9.59 Å². The quantitative estimate of drug-likeness (QED) is 0.431. The summed E-state index contributed by atoms with van der Waals surface area (Å²) in [6.07, 6.45) is 4.61. The van der Waals surface area contributed by atoms with E-state index in [0.29, 0.717) is 18.7 Å². The second kappa shape index (κ2) is 10.2. The molecule has 34 heavy (non-hydrogen) atoms. The van der Waals surface area contributed by atoms with E-state index < -0.39 is 6.04 Å². The van der Waals surface area contributed by atoms with Crippen molar-refractivity contribution in [1.82, 2.24) is 25.1 Å². The van der Waals surface area contributed by atoms with Gasteiger partial charge >= 0.3 is 0 Å². The first-order chi connectivity index (χ1) is 16.7. The third-order valence-electron chi connectivity index (χ3n) is 6.28. The molecule has 1 saturated heterocycles. The number of H-pyrrole nitrogens is 1. The highest BCUT2D eigenvalue weighted by Crippen LogP contribution is 2.20. The summed E-state index contributed by atoms with van der Waals surface area (Å²) in [6, 6.07) is 16.2. The Morgan fingerprint density at radius 2 is 1.88 bits per heavy atom. The van der Waals surface area contributed by atoms with E-state index in [1.54, 1.807) is 17.4 Å². The zero-order valence-electron chi connectivity index (χ0n) is 18.8. The number of carbonyl (C=O) groups is 2. The Kier molecular flexibility index (Phi) is 6.69. The number of amides is 2. The summed E-state index contributed by atoms with van der Waals surface area (Å²) in [7, 11) is 0. The maximum absolute atomic E-state index is 13.6. The normalized spacial score (nSPS) is 15.4. The van der Waals surface area contributed by atoms with E-state index in [1.807, 2.05) is 71.2 Å². The van der Waals surface area contributed by atoms with Gasteiger partial charge in [-0.1, -0.05) is 36.4 Å². The highest BCUT2D eigenvalue weighted by molar-refractivity contribution is 7.09. The lowest BCUT2D eigenvalue weighted by Crippen LogP contribution is -2.52. The Labute approximate surface area is 202 Å². The Balaban J connectivity index is 1.26. The van der Waals surface area contributed by atoms with E-state index in [-0.39, 0.29) is 11.8 Å². The Morgan fingerprint density at radius 3 is 2.65 bits per heavy atom. The van der Waals surface area contributed by atoms with Crippen molar-refractivity contribution in [3.8, 4) is 0 Å². The molecule has 0 spiro atoms. The summed E-state index contributed by atoms with van der Waals surface area (Å²) in [5.41, 5.74) is 2.20. The maximum atomic E-state index is 13.6. The number of hydrogen-bond acceptors (Lipinski definition) is 5. The number of fused-ring (bicyclic) bond motifs is 1. The van der Waals surface area contributed by atoms with Crippen LogP contribution in [-0.2, 0) is 11.2 Å². The molecule has 0 aliphatic carbocycles. The molecule has 3 heterocycles. The van der Waals surface area contributed by atoms with E-state index in [1.165, 1.54) is 0 Å². The lowest BCUT2D eigenvalue weighted by molar-refractivity contribution is -0.135. The minimum Gasteiger partial charge on any atom is -0.361 e. The number of piperazine rings is 1. The number of aromatic amines is 1. The first-order valence-corrected chi connectivity index (χ1v) is 12.4. The summed E-state index contributed by atoms with van der Waals surface area (Å²) in [6.45, 7) is 3.86. The molecule has 1 fully saturated rings. The van der Waals surface area contributed by atoms with Crippen LogP contribution in [0.4, 0.5) is 0 Å². The molecule has 4 aromatic rings. The Bertz CT molecular complexity index is 1250. The molecule has 2 amide bonds. The number of nitrogens with one attached hydrogen (secondary N) is 2.